The van der Waals surface area contributed by atoms with Gasteiger partial charge in [0, 0.05) is 38.9 Å². The second-order valence-corrected chi connectivity index (χ2v) is 5.57. The van der Waals surface area contributed by atoms with Crippen LogP contribution in [0.4, 0.5) is 5.69 Å². The molecular formula is C14H17ClN2O4. The zero-order valence-corrected chi connectivity index (χ0v) is 12.5. The Morgan fingerprint density at radius 3 is 2.76 bits per heavy atom. The van der Waals surface area contributed by atoms with Gasteiger partial charge in [0.05, 0.1) is 15.5 Å². The van der Waals surface area contributed by atoms with Gasteiger partial charge in [-0.25, -0.2) is 0 Å². The van der Waals surface area contributed by atoms with Gasteiger partial charge in [0.1, 0.15) is 0 Å². The normalized spacial score (nSPS) is 15.7. The third-order valence-corrected chi connectivity index (χ3v) is 3.94. The Balaban J connectivity index is 2.10. The van der Waals surface area contributed by atoms with Crippen LogP contribution in [0.1, 0.15) is 23.2 Å². The Morgan fingerprint density at radius 2 is 2.14 bits per heavy atom. The lowest BCUT2D eigenvalue weighted by molar-refractivity contribution is -0.384. The van der Waals surface area contributed by atoms with Crippen molar-refractivity contribution in [3.8, 4) is 0 Å². The number of carbonyl (C=O) groups is 1. The number of benzene rings is 1. The van der Waals surface area contributed by atoms with Gasteiger partial charge >= 0.3 is 0 Å². The summed E-state index contributed by atoms with van der Waals surface area (Å²) in [6, 6.07) is 3.90. The molecule has 0 bridgehead atoms. The molecule has 7 heteroatoms. The van der Waals surface area contributed by atoms with Crippen LogP contribution in [0, 0.1) is 16.0 Å². The quantitative estimate of drug-likeness (QED) is 0.633. The lowest BCUT2D eigenvalue weighted by atomic mass is 9.99. The van der Waals surface area contributed by atoms with Gasteiger partial charge in [0.25, 0.3) is 11.6 Å². The van der Waals surface area contributed by atoms with Crippen molar-refractivity contribution in [1.82, 2.24) is 4.90 Å². The molecule has 21 heavy (non-hydrogen) atoms. The van der Waals surface area contributed by atoms with Gasteiger partial charge in [-0.05, 0) is 24.8 Å². The molecule has 1 amide bonds. The molecule has 1 fully saturated rings. The highest BCUT2D eigenvalue weighted by atomic mass is 35.5. The van der Waals surface area contributed by atoms with Crippen LogP contribution >= 0.6 is 11.6 Å². The van der Waals surface area contributed by atoms with Gasteiger partial charge in [0.2, 0.25) is 0 Å². The number of rotatable bonds is 4. The summed E-state index contributed by atoms with van der Waals surface area (Å²) in [4.78, 5) is 24.2. The van der Waals surface area contributed by atoms with E-state index in [-0.39, 0.29) is 22.2 Å². The number of carbonyl (C=O) groups excluding carboxylic acids is 1. The number of ether oxygens (including phenoxy) is 1. The van der Waals surface area contributed by atoms with E-state index in [2.05, 4.69) is 0 Å². The van der Waals surface area contributed by atoms with Crippen molar-refractivity contribution in [1.29, 1.82) is 0 Å². The summed E-state index contributed by atoms with van der Waals surface area (Å²) in [5.74, 6) is 0.0976. The van der Waals surface area contributed by atoms with E-state index in [1.54, 1.807) is 11.9 Å². The Hall–Kier alpha value is -1.66. The van der Waals surface area contributed by atoms with Crippen molar-refractivity contribution in [3.63, 3.8) is 0 Å². The fraction of sp³-hybridized carbons (Fsp3) is 0.500. The van der Waals surface area contributed by atoms with E-state index >= 15 is 0 Å². The zero-order valence-electron chi connectivity index (χ0n) is 11.8. The minimum absolute atomic E-state index is 0.137. The smallest absolute Gasteiger partial charge is 0.270 e. The number of nitrogens with zero attached hydrogens (tertiary/aromatic N) is 2. The van der Waals surface area contributed by atoms with E-state index in [0.29, 0.717) is 25.7 Å². The molecule has 2 rings (SSSR count). The van der Waals surface area contributed by atoms with Crippen molar-refractivity contribution in [2.75, 3.05) is 26.8 Å². The Morgan fingerprint density at radius 1 is 1.48 bits per heavy atom. The lowest BCUT2D eigenvalue weighted by Crippen LogP contribution is -2.34. The van der Waals surface area contributed by atoms with E-state index in [1.165, 1.54) is 18.2 Å². The van der Waals surface area contributed by atoms with Crippen molar-refractivity contribution < 1.29 is 14.5 Å². The Labute approximate surface area is 127 Å². The van der Waals surface area contributed by atoms with Crippen molar-refractivity contribution in [2.24, 2.45) is 5.92 Å². The van der Waals surface area contributed by atoms with E-state index in [0.717, 1.165) is 12.8 Å². The topological polar surface area (TPSA) is 72.7 Å². The van der Waals surface area contributed by atoms with E-state index in [1.807, 2.05) is 0 Å². The number of nitro benzene ring substituents is 1. The monoisotopic (exact) mass is 312 g/mol. The summed E-state index contributed by atoms with van der Waals surface area (Å²) < 4.78 is 5.29. The van der Waals surface area contributed by atoms with Gasteiger partial charge in [-0.1, -0.05) is 11.6 Å². The minimum Gasteiger partial charge on any atom is -0.381 e. The molecule has 1 heterocycles. The largest absolute Gasteiger partial charge is 0.381 e. The molecule has 1 saturated heterocycles. The molecule has 0 aliphatic carbocycles. The van der Waals surface area contributed by atoms with Crippen LogP contribution < -0.4 is 0 Å². The first kappa shape index (κ1) is 15.7. The summed E-state index contributed by atoms with van der Waals surface area (Å²) >= 11 is 5.99. The minimum atomic E-state index is -0.536. The summed E-state index contributed by atoms with van der Waals surface area (Å²) in [6.45, 7) is 2.02. The summed E-state index contributed by atoms with van der Waals surface area (Å²) in [5.41, 5.74) is 0.0302. The molecule has 1 aliphatic rings. The molecule has 0 spiro atoms. The number of hydrogen-bond donors (Lipinski definition) is 0. The summed E-state index contributed by atoms with van der Waals surface area (Å²) in [5, 5.41) is 11.0. The molecule has 6 nitrogen and oxygen atoms in total. The average Bonchev–Trinajstić information content (AvgIpc) is 2.47. The molecule has 0 aromatic heterocycles. The van der Waals surface area contributed by atoms with Crippen LogP contribution in [0.5, 0.6) is 0 Å². The first-order valence-corrected chi connectivity index (χ1v) is 7.14. The second-order valence-electron chi connectivity index (χ2n) is 5.16. The molecule has 1 aromatic carbocycles. The molecular weight excluding hydrogens is 296 g/mol. The predicted octanol–water partition coefficient (Wildman–Crippen LogP) is 2.75. The molecule has 114 valence electrons. The summed E-state index contributed by atoms with van der Waals surface area (Å²) in [6.07, 6.45) is 1.83. The second kappa shape index (κ2) is 6.87. The Bertz CT molecular complexity index is 544. The van der Waals surface area contributed by atoms with Crippen molar-refractivity contribution in [2.45, 2.75) is 12.8 Å². The Kier molecular flexibility index (Phi) is 5.14. The molecule has 1 aromatic rings. The maximum absolute atomic E-state index is 12.4. The highest BCUT2D eigenvalue weighted by Crippen LogP contribution is 2.24. The number of hydrogen-bond acceptors (Lipinski definition) is 4. The third kappa shape index (κ3) is 3.92. The fourth-order valence-corrected chi connectivity index (χ4v) is 2.59. The lowest BCUT2D eigenvalue weighted by Gasteiger charge is -2.27. The number of nitro groups is 1. The van der Waals surface area contributed by atoms with Gasteiger partial charge in [0.15, 0.2) is 0 Å². The van der Waals surface area contributed by atoms with Gasteiger partial charge in [-0.3, -0.25) is 14.9 Å². The van der Waals surface area contributed by atoms with Gasteiger partial charge in [-0.15, -0.1) is 0 Å². The predicted molar refractivity (Wildman–Crippen MR) is 78.6 cm³/mol. The molecule has 0 atom stereocenters. The number of non-ortho nitro benzene ring substituents is 1. The van der Waals surface area contributed by atoms with Gasteiger partial charge < -0.3 is 9.64 Å². The van der Waals surface area contributed by atoms with Crippen LogP contribution in [-0.4, -0.2) is 42.5 Å². The standard InChI is InChI=1S/C14H17ClN2O4/c1-16(9-10-4-6-21-7-5-10)14(18)12-8-11(17(19)20)2-3-13(12)15/h2-3,8,10H,4-7,9H2,1H3. The molecule has 0 radical (unpaired) electrons. The van der Waals surface area contributed by atoms with Crippen molar-refractivity contribution >= 4 is 23.2 Å². The number of amides is 1. The van der Waals surface area contributed by atoms with Crippen LogP contribution in [0.15, 0.2) is 18.2 Å². The van der Waals surface area contributed by atoms with Crippen LogP contribution in [0.25, 0.3) is 0 Å². The molecule has 0 unspecified atom stereocenters. The SMILES string of the molecule is CN(CC1CCOCC1)C(=O)c1cc([N+](=O)[O-])ccc1Cl. The highest BCUT2D eigenvalue weighted by Gasteiger charge is 2.22. The van der Waals surface area contributed by atoms with Crippen LogP contribution in [-0.2, 0) is 4.74 Å². The third-order valence-electron chi connectivity index (χ3n) is 3.61. The number of halogens is 1. The van der Waals surface area contributed by atoms with Gasteiger partial charge in [-0.2, -0.15) is 0 Å². The fourth-order valence-electron chi connectivity index (χ4n) is 2.40. The molecule has 0 N–H and O–H groups in total. The molecule has 0 saturated carbocycles. The first-order valence-electron chi connectivity index (χ1n) is 6.76. The first-order chi connectivity index (χ1) is 9.99. The highest BCUT2D eigenvalue weighted by molar-refractivity contribution is 6.33. The van der Waals surface area contributed by atoms with E-state index in [9.17, 15) is 14.9 Å². The maximum atomic E-state index is 12.4. The van der Waals surface area contributed by atoms with Crippen LogP contribution in [0.2, 0.25) is 5.02 Å². The van der Waals surface area contributed by atoms with E-state index in [4.69, 9.17) is 16.3 Å². The van der Waals surface area contributed by atoms with Crippen molar-refractivity contribution in [3.05, 3.63) is 38.9 Å². The summed E-state index contributed by atoms with van der Waals surface area (Å²) in [7, 11) is 1.69. The maximum Gasteiger partial charge on any atom is 0.270 e. The van der Waals surface area contributed by atoms with E-state index < -0.39 is 4.92 Å². The average molecular weight is 313 g/mol. The van der Waals surface area contributed by atoms with Crippen LogP contribution in [0.3, 0.4) is 0 Å². The molecule has 1 aliphatic heterocycles. The zero-order chi connectivity index (χ0) is 15.4.